The fourth-order valence-corrected chi connectivity index (χ4v) is 2.11. The van der Waals surface area contributed by atoms with Crippen molar-refractivity contribution >= 4 is 37.8 Å². The Kier molecular flexibility index (Phi) is 9.66. The predicted molar refractivity (Wildman–Crippen MR) is 78.4 cm³/mol. The molecular weight excluding hydrogens is 520 g/mol. The molecule has 0 spiro atoms. The van der Waals surface area contributed by atoms with Gasteiger partial charge < -0.3 is 4.74 Å². The lowest BCUT2D eigenvalue weighted by Crippen LogP contribution is -2.75. The van der Waals surface area contributed by atoms with Crippen molar-refractivity contribution in [3.63, 3.8) is 0 Å². The maximum atomic E-state index is 13.4. The summed E-state index contributed by atoms with van der Waals surface area (Å²) < 4.78 is 109. The normalized spacial score (nSPS) is 15.8. The van der Waals surface area contributed by atoms with Gasteiger partial charge in [0.2, 0.25) is 0 Å². The number of carbonyl (C=O) groups is 1. The molecule has 26 heavy (non-hydrogen) atoms. The van der Waals surface area contributed by atoms with Crippen molar-refractivity contribution in [1.29, 1.82) is 0 Å². The van der Waals surface area contributed by atoms with Crippen LogP contribution in [-0.4, -0.2) is 48.5 Å². The first-order chi connectivity index (χ1) is 11.8. The van der Waals surface area contributed by atoms with Gasteiger partial charge in [-0.1, -0.05) is 81.1 Å². The monoisotopic (exact) mass is 532 g/mol. The van der Waals surface area contributed by atoms with E-state index >= 15 is 0 Å². The molecule has 0 amide bonds. The summed E-state index contributed by atoms with van der Waals surface area (Å²) in [4.78, 5) is 11.9. The van der Waals surface area contributed by atoms with Crippen LogP contribution in [0.5, 0.6) is 0 Å². The summed E-state index contributed by atoms with van der Waals surface area (Å²) in [5.74, 6) is -7.09. The quantitative estimate of drug-likeness (QED) is 0.124. The predicted octanol–water partition coefficient (Wildman–Crippen LogP) is 4.90. The van der Waals surface area contributed by atoms with E-state index in [2.05, 4.69) is 36.6 Å². The first-order valence-electron chi connectivity index (χ1n) is 6.73. The molecule has 0 aromatic rings. The van der Waals surface area contributed by atoms with E-state index in [-0.39, 0.29) is 6.42 Å². The third kappa shape index (κ3) is 4.57. The summed E-state index contributed by atoms with van der Waals surface area (Å²) in [5.41, 5.74) is -4.72. The van der Waals surface area contributed by atoms with Gasteiger partial charge >= 0.3 is 11.8 Å². The van der Waals surface area contributed by atoms with E-state index in [1.54, 1.807) is 0 Å². The number of esters is 1. The van der Waals surface area contributed by atoms with E-state index < -0.39 is 61.4 Å². The van der Waals surface area contributed by atoms with E-state index in [0.717, 1.165) is 6.92 Å². The van der Waals surface area contributed by atoms with Crippen LogP contribution >= 0.6 is 31.9 Å². The van der Waals surface area contributed by atoms with Gasteiger partial charge in [0.05, 0.1) is 21.4 Å². The molecule has 16 heteroatoms. The molecule has 0 aliphatic rings. The first-order valence-corrected chi connectivity index (χ1v) is 8.64. The summed E-state index contributed by atoms with van der Waals surface area (Å²) in [6, 6.07) is 0. The Labute approximate surface area is 159 Å². The van der Waals surface area contributed by atoms with Crippen LogP contribution in [0.2, 0.25) is 0 Å². The second-order valence-electron chi connectivity index (χ2n) is 5.18. The molecule has 0 saturated carbocycles. The number of unbranched alkanes of at least 4 members (excludes halogenated alkanes) is 1. The SMILES string of the molecule is CCCCC(N(F)F)(N(F)F)C(OC(=O)C(C)(Br)CBr)(N(F)F)N(F)F. The Hall–Kier alpha value is -0.290. The molecular formula is C10H14Br2F8N4O2. The van der Waals surface area contributed by atoms with Crippen molar-refractivity contribution in [3.05, 3.63) is 0 Å². The summed E-state index contributed by atoms with van der Waals surface area (Å²) in [5, 5.41) is -10.9. The highest BCUT2D eigenvalue weighted by Crippen LogP contribution is 2.47. The second kappa shape index (κ2) is 9.77. The number of ether oxygens (including phenoxy) is 1. The maximum Gasteiger partial charge on any atom is 0.378 e. The van der Waals surface area contributed by atoms with Crippen molar-refractivity contribution in [1.82, 2.24) is 21.4 Å². The molecule has 156 valence electrons. The molecule has 1 unspecified atom stereocenters. The Morgan fingerprint density at radius 3 is 1.65 bits per heavy atom. The number of alkyl halides is 2. The van der Waals surface area contributed by atoms with Crippen molar-refractivity contribution < 1.29 is 45.4 Å². The van der Waals surface area contributed by atoms with Gasteiger partial charge in [0.15, 0.2) is 0 Å². The largest absolute Gasteiger partial charge is 0.416 e. The smallest absolute Gasteiger partial charge is 0.378 e. The number of carbonyl (C=O) groups excluding carboxylic acids is 1. The average Bonchev–Trinajstić information content (AvgIpc) is 2.52. The fraction of sp³-hybridized carbons (Fsp3) is 0.900. The van der Waals surface area contributed by atoms with Gasteiger partial charge in [-0.05, 0) is 19.8 Å². The average molecular weight is 534 g/mol. The van der Waals surface area contributed by atoms with Crippen LogP contribution < -0.4 is 0 Å². The second-order valence-corrected chi connectivity index (χ2v) is 7.49. The molecule has 0 rings (SSSR count). The van der Waals surface area contributed by atoms with Crippen molar-refractivity contribution in [2.24, 2.45) is 0 Å². The van der Waals surface area contributed by atoms with E-state index in [1.807, 2.05) is 0 Å². The fourth-order valence-electron chi connectivity index (χ4n) is 1.80. The molecule has 0 fully saturated rings. The molecule has 0 aromatic carbocycles. The summed E-state index contributed by atoms with van der Waals surface area (Å²) >= 11 is 5.38. The van der Waals surface area contributed by atoms with Crippen LogP contribution in [0.4, 0.5) is 35.9 Å². The molecule has 0 heterocycles. The van der Waals surface area contributed by atoms with Crippen LogP contribution in [0.3, 0.4) is 0 Å². The molecule has 0 aliphatic heterocycles. The van der Waals surface area contributed by atoms with Crippen LogP contribution in [0, 0.1) is 0 Å². The maximum absolute atomic E-state index is 13.4. The van der Waals surface area contributed by atoms with Gasteiger partial charge in [-0.2, -0.15) is 0 Å². The summed E-state index contributed by atoms with van der Waals surface area (Å²) in [6.45, 7) is 2.27. The van der Waals surface area contributed by atoms with E-state index in [9.17, 15) is 40.6 Å². The number of hydrogen-bond acceptors (Lipinski definition) is 6. The zero-order valence-corrected chi connectivity index (χ0v) is 16.4. The highest BCUT2D eigenvalue weighted by molar-refractivity contribution is 9.12. The van der Waals surface area contributed by atoms with Crippen molar-refractivity contribution in [2.45, 2.75) is 48.9 Å². The third-order valence-corrected chi connectivity index (χ3v) is 5.81. The van der Waals surface area contributed by atoms with Gasteiger partial charge in [-0.15, -0.1) is 0 Å². The Morgan fingerprint density at radius 2 is 1.38 bits per heavy atom. The van der Waals surface area contributed by atoms with Gasteiger partial charge in [-0.25, -0.2) is 0 Å². The molecule has 0 saturated heterocycles. The molecule has 1 atom stereocenters. The molecule has 0 aromatic heterocycles. The van der Waals surface area contributed by atoms with Crippen LogP contribution in [0.1, 0.15) is 33.1 Å². The molecule has 0 radical (unpaired) electrons. The van der Waals surface area contributed by atoms with Gasteiger partial charge in [-0.3, -0.25) is 4.79 Å². The third-order valence-electron chi connectivity index (χ3n) is 3.33. The van der Waals surface area contributed by atoms with Crippen LogP contribution in [-0.2, 0) is 9.53 Å². The highest BCUT2D eigenvalue weighted by Gasteiger charge is 2.76. The van der Waals surface area contributed by atoms with E-state index in [1.165, 1.54) is 6.92 Å². The highest BCUT2D eigenvalue weighted by atomic mass is 79.9. The minimum absolute atomic E-state index is 0.0951. The number of halogens is 10. The molecule has 0 N–H and O–H groups in total. The van der Waals surface area contributed by atoms with Crippen molar-refractivity contribution in [2.75, 3.05) is 5.33 Å². The Morgan fingerprint density at radius 1 is 0.962 bits per heavy atom. The lowest BCUT2D eigenvalue weighted by atomic mass is 9.97. The summed E-state index contributed by atoms with van der Waals surface area (Å²) in [7, 11) is 0. The molecule has 6 nitrogen and oxygen atoms in total. The minimum atomic E-state index is -5.16. The standard InChI is InChI=1S/C10H14Br2F8N4O2/c1-3-4-5-9(21(13)14,22(15)16)10(23(17)18,24(19)20)26-7(25)8(2,12)6-11/h3-6H2,1-2H3. The van der Waals surface area contributed by atoms with Gasteiger partial charge in [0.25, 0.3) is 5.66 Å². The van der Waals surface area contributed by atoms with E-state index in [0.29, 0.717) is 0 Å². The summed E-state index contributed by atoms with van der Waals surface area (Å²) in [6.07, 6.45) is -2.32. The number of nitrogens with zero attached hydrogens (tertiary/aromatic N) is 4. The zero-order valence-electron chi connectivity index (χ0n) is 13.2. The first kappa shape index (κ1) is 25.7. The number of rotatable bonds is 11. The number of hydrogen-bond donors (Lipinski definition) is 0. The zero-order chi connectivity index (χ0) is 20.9. The molecule has 0 aliphatic carbocycles. The van der Waals surface area contributed by atoms with Crippen LogP contribution in [0.15, 0.2) is 0 Å². The van der Waals surface area contributed by atoms with Crippen LogP contribution in [0.25, 0.3) is 0 Å². The Balaban J connectivity index is 6.62. The van der Waals surface area contributed by atoms with Gasteiger partial charge in [0.1, 0.15) is 4.32 Å². The minimum Gasteiger partial charge on any atom is -0.416 e. The topological polar surface area (TPSA) is 39.3 Å². The lowest BCUT2D eigenvalue weighted by Gasteiger charge is -2.46. The van der Waals surface area contributed by atoms with Gasteiger partial charge in [0, 0.05) is 5.33 Å². The van der Waals surface area contributed by atoms with E-state index in [4.69, 9.17) is 0 Å². The molecule has 0 bridgehead atoms. The lowest BCUT2D eigenvalue weighted by molar-refractivity contribution is -0.540. The van der Waals surface area contributed by atoms with Crippen molar-refractivity contribution in [3.8, 4) is 0 Å². The Bertz CT molecular complexity index is 456.